The van der Waals surface area contributed by atoms with E-state index in [9.17, 15) is 54.8 Å². The van der Waals surface area contributed by atoms with Gasteiger partial charge < -0.3 is 50.1 Å². The molecule has 1 saturated carbocycles. The highest BCUT2D eigenvalue weighted by atomic mass is 31.2. The molecule has 1 fully saturated rings. The van der Waals surface area contributed by atoms with E-state index in [1.807, 2.05) is 30.4 Å². The molecule has 10 atom stereocenters. The second kappa shape index (κ2) is 39.1. The molecular formula is C51H79O15P. The van der Waals surface area contributed by atoms with Crippen LogP contribution in [0.2, 0.25) is 0 Å². The number of aliphatic hydroxyl groups is 7. The third-order valence-electron chi connectivity index (χ3n) is 9.99. The van der Waals surface area contributed by atoms with Crippen LogP contribution >= 0.6 is 7.82 Å². The van der Waals surface area contributed by atoms with E-state index in [0.717, 1.165) is 51.4 Å². The molecule has 0 aromatic carbocycles. The normalized spacial score (nSPS) is 23.2. The second-order valence-corrected chi connectivity index (χ2v) is 17.3. The maximum Gasteiger partial charge on any atom is 0.472 e. The summed E-state index contributed by atoms with van der Waals surface area (Å²) in [7, 11) is -5.22. The van der Waals surface area contributed by atoms with E-state index in [2.05, 4.69) is 68.5 Å². The lowest BCUT2D eigenvalue weighted by atomic mass is 9.85. The van der Waals surface area contributed by atoms with Crippen LogP contribution in [0, 0.1) is 0 Å². The van der Waals surface area contributed by atoms with E-state index in [1.165, 1.54) is 12.5 Å². The first-order chi connectivity index (χ1) is 32.2. The molecule has 0 aromatic rings. The number of aliphatic hydroxyl groups excluding tert-OH is 7. The van der Waals surface area contributed by atoms with Crippen LogP contribution in [0.25, 0.3) is 0 Å². The third-order valence-corrected chi connectivity index (χ3v) is 11.0. The van der Waals surface area contributed by atoms with Crippen molar-refractivity contribution in [3.8, 4) is 0 Å². The van der Waals surface area contributed by atoms with Crippen LogP contribution in [0.15, 0.2) is 122 Å². The summed E-state index contributed by atoms with van der Waals surface area (Å²) in [4.78, 5) is 35.7. The van der Waals surface area contributed by atoms with Crippen molar-refractivity contribution < 1.29 is 73.3 Å². The number of ether oxygens (including phenoxy) is 2. The molecule has 1 rings (SSSR count). The fourth-order valence-corrected chi connectivity index (χ4v) is 7.12. The summed E-state index contributed by atoms with van der Waals surface area (Å²) in [6, 6.07) is 0. The maximum atomic E-state index is 12.8. The van der Waals surface area contributed by atoms with E-state index < -0.39 is 87.9 Å². The van der Waals surface area contributed by atoms with Gasteiger partial charge in [-0.05, 0) is 77.0 Å². The van der Waals surface area contributed by atoms with Crippen LogP contribution in [0.3, 0.4) is 0 Å². The number of hydrogen-bond acceptors (Lipinski definition) is 14. The van der Waals surface area contributed by atoms with Crippen molar-refractivity contribution in [1.82, 2.24) is 0 Å². The van der Waals surface area contributed by atoms with Gasteiger partial charge in [-0.25, -0.2) is 4.57 Å². The average Bonchev–Trinajstić information content (AvgIpc) is 3.30. The van der Waals surface area contributed by atoms with E-state index in [1.54, 1.807) is 30.4 Å². The minimum atomic E-state index is -5.22. The van der Waals surface area contributed by atoms with Gasteiger partial charge in [-0.15, -0.1) is 0 Å². The summed E-state index contributed by atoms with van der Waals surface area (Å²) < 4.78 is 33.3. The van der Waals surface area contributed by atoms with Gasteiger partial charge in [0.1, 0.15) is 43.2 Å². The van der Waals surface area contributed by atoms with Crippen LogP contribution in [0.4, 0.5) is 0 Å². The molecule has 3 unspecified atom stereocenters. The van der Waals surface area contributed by atoms with E-state index in [0.29, 0.717) is 19.3 Å². The highest BCUT2D eigenvalue weighted by molar-refractivity contribution is 7.47. The molecular weight excluding hydrogens is 884 g/mol. The number of hydrogen-bond donors (Lipinski definition) is 8. The number of phosphoric ester groups is 1. The summed E-state index contributed by atoms with van der Waals surface area (Å²) >= 11 is 0. The minimum Gasteiger partial charge on any atom is -0.462 e. The third kappa shape index (κ3) is 31.8. The number of carbonyl (C=O) groups is 2. The predicted octanol–water partition coefficient (Wildman–Crippen LogP) is 7.33. The number of rotatable bonds is 36. The maximum absolute atomic E-state index is 12.8. The highest BCUT2D eigenvalue weighted by Crippen LogP contribution is 2.47. The van der Waals surface area contributed by atoms with Crippen LogP contribution in [-0.4, -0.2) is 121 Å². The van der Waals surface area contributed by atoms with Gasteiger partial charge in [-0.3, -0.25) is 18.6 Å². The zero-order valence-electron chi connectivity index (χ0n) is 39.4. The van der Waals surface area contributed by atoms with Gasteiger partial charge in [0.25, 0.3) is 0 Å². The van der Waals surface area contributed by atoms with Crippen LogP contribution < -0.4 is 0 Å². The lowest BCUT2D eigenvalue weighted by molar-refractivity contribution is -0.220. The van der Waals surface area contributed by atoms with Crippen molar-refractivity contribution in [1.29, 1.82) is 0 Å². The number of carbonyl (C=O) groups excluding carboxylic acids is 2. The minimum absolute atomic E-state index is 0.0189. The molecule has 67 heavy (non-hydrogen) atoms. The molecule has 8 N–H and O–H groups in total. The molecule has 0 saturated heterocycles. The molecule has 15 nitrogen and oxygen atoms in total. The van der Waals surface area contributed by atoms with Crippen molar-refractivity contribution in [2.75, 3.05) is 13.2 Å². The Morgan fingerprint density at radius 2 is 1.07 bits per heavy atom. The Kier molecular flexibility index (Phi) is 35.7. The largest absolute Gasteiger partial charge is 0.472 e. The zero-order chi connectivity index (χ0) is 49.5. The van der Waals surface area contributed by atoms with Crippen molar-refractivity contribution in [3.05, 3.63) is 122 Å². The molecule has 0 radical (unpaired) electrons. The summed E-state index contributed by atoms with van der Waals surface area (Å²) in [6.45, 7) is 2.83. The molecule has 1 aliphatic rings. The predicted molar refractivity (Wildman–Crippen MR) is 260 cm³/mol. The second-order valence-electron chi connectivity index (χ2n) is 15.9. The number of esters is 2. The Hall–Kier alpha value is -3.83. The molecule has 0 amide bonds. The standard InChI is InChI=1S/C51H79O15P/c1-3-5-7-9-11-12-13-14-15-16-17-18-19-20-21-22-23-25-31-37-44(54)63-39-43(40-64-67(61,62)66-51-49(59)47(57)46(56)48(58)50(51)60)65-45(55)38-32-36-42(53)35-30-27-26-29-34-41(52)33-28-24-10-8-6-4-2/h5,7,11-12,14-15,17-18,20-21,23-30,34-35,41-43,46-53,56-60H,3-4,6,8-10,13,16,19,22,31-33,36-40H2,1-2H3,(H,61,62)/b7-5-,12-11-,15-14-,18-17-,21-20-,25-23-,27-26+,28-24-,34-29+,35-30-/t41-,42-,43+,46?,47-,48+,49+,50+,51?/m0/s1. The van der Waals surface area contributed by atoms with Gasteiger partial charge in [0.15, 0.2) is 6.10 Å². The number of unbranched alkanes of at least 4 members (excludes halogenated alkanes) is 3. The van der Waals surface area contributed by atoms with Gasteiger partial charge in [0.05, 0.1) is 18.8 Å². The highest BCUT2D eigenvalue weighted by Gasteiger charge is 2.51. The molecule has 0 aliphatic heterocycles. The van der Waals surface area contributed by atoms with E-state index in [4.69, 9.17) is 18.5 Å². The van der Waals surface area contributed by atoms with Gasteiger partial charge in [-0.1, -0.05) is 148 Å². The Labute approximate surface area is 398 Å². The lowest BCUT2D eigenvalue weighted by Crippen LogP contribution is -2.64. The summed E-state index contributed by atoms with van der Waals surface area (Å²) in [5, 5.41) is 70.6. The molecule has 378 valence electrons. The van der Waals surface area contributed by atoms with Crippen LogP contribution in [0.1, 0.15) is 117 Å². The molecule has 0 spiro atoms. The van der Waals surface area contributed by atoms with E-state index >= 15 is 0 Å². The summed E-state index contributed by atoms with van der Waals surface area (Å²) in [6.07, 6.45) is 34.4. The fourth-order valence-electron chi connectivity index (χ4n) is 6.15. The van der Waals surface area contributed by atoms with Gasteiger partial charge >= 0.3 is 19.8 Å². The summed E-state index contributed by atoms with van der Waals surface area (Å²) in [5.41, 5.74) is 0. The van der Waals surface area contributed by atoms with Crippen LogP contribution in [0.5, 0.6) is 0 Å². The molecule has 1 aliphatic carbocycles. The van der Waals surface area contributed by atoms with E-state index in [-0.39, 0.29) is 25.7 Å². The van der Waals surface area contributed by atoms with Gasteiger partial charge in [0.2, 0.25) is 0 Å². The van der Waals surface area contributed by atoms with Crippen LogP contribution in [-0.2, 0) is 32.7 Å². The van der Waals surface area contributed by atoms with Crippen molar-refractivity contribution >= 4 is 19.8 Å². The fraction of sp³-hybridized carbons (Fsp3) is 0.569. The van der Waals surface area contributed by atoms with Gasteiger partial charge in [0, 0.05) is 12.8 Å². The molecule has 0 bridgehead atoms. The Morgan fingerprint density at radius 1 is 0.567 bits per heavy atom. The summed E-state index contributed by atoms with van der Waals surface area (Å²) in [5.74, 6) is -1.45. The first kappa shape index (κ1) is 61.2. The Bertz CT molecular complexity index is 1660. The van der Waals surface area contributed by atoms with Gasteiger partial charge in [-0.2, -0.15) is 0 Å². The number of allylic oxidation sites excluding steroid dienone is 17. The first-order valence-electron chi connectivity index (χ1n) is 23.6. The lowest BCUT2D eigenvalue weighted by Gasteiger charge is -2.41. The quantitative estimate of drug-likeness (QED) is 0.0101. The monoisotopic (exact) mass is 963 g/mol. The molecule has 0 heterocycles. The average molecular weight is 963 g/mol. The Morgan fingerprint density at radius 3 is 1.63 bits per heavy atom. The Balaban J connectivity index is 2.64. The SMILES string of the molecule is CC/C=C\C/C=C\C/C=C\C/C=C\C/C=C\C/C=C\CCC(=O)OC[C@H](COP(=O)(O)OC1[C@H](O)[C@H](O)C(O)[C@H](O)[C@H]1O)OC(=O)CCC[C@@H](O)\C=C/C=C/C=C/[C@@H](O)C/C=C\CCCCC. The molecule has 16 heteroatoms. The first-order valence-corrected chi connectivity index (χ1v) is 25.1. The topological polar surface area (TPSA) is 250 Å². The molecule has 0 aromatic heterocycles. The smallest absolute Gasteiger partial charge is 0.462 e. The van der Waals surface area contributed by atoms with Crippen molar-refractivity contribution in [2.45, 2.75) is 172 Å². The number of phosphoric acid groups is 1. The van der Waals surface area contributed by atoms with Crippen molar-refractivity contribution in [2.24, 2.45) is 0 Å². The van der Waals surface area contributed by atoms with Crippen molar-refractivity contribution in [3.63, 3.8) is 0 Å². The zero-order valence-corrected chi connectivity index (χ0v) is 40.2.